The fourth-order valence-corrected chi connectivity index (χ4v) is 3.29. The lowest BCUT2D eigenvalue weighted by Crippen LogP contribution is -2.05. The van der Waals surface area contributed by atoms with Crippen LogP contribution in [0.4, 0.5) is 0 Å². The van der Waals surface area contributed by atoms with E-state index in [0.717, 1.165) is 36.0 Å². The minimum atomic E-state index is -0.858. The van der Waals surface area contributed by atoms with Gasteiger partial charge in [-0.25, -0.2) is 4.79 Å². The molecule has 0 aliphatic carbocycles. The highest BCUT2D eigenvalue weighted by Crippen LogP contribution is 2.28. The summed E-state index contributed by atoms with van der Waals surface area (Å²) in [5.41, 5.74) is 6.04. The molecule has 0 atom stereocenters. The molecular weight excluding hydrogens is 308 g/mol. The van der Waals surface area contributed by atoms with E-state index >= 15 is 0 Å². The minimum absolute atomic E-state index is 0.408. The van der Waals surface area contributed by atoms with E-state index in [9.17, 15) is 9.90 Å². The van der Waals surface area contributed by atoms with Crippen molar-refractivity contribution < 1.29 is 9.90 Å². The average Bonchev–Trinajstić information content (AvgIpc) is 2.64. The Labute approximate surface area is 148 Å². The first-order valence-electron chi connectivity index (χ1n) is 8.62. The highest BCUT2D eigenvalue weighted by molar-refractivity contribution is 5.92. The predicted molar refractivity (Wildman–Crippen MR) is 102 cm³/mol. The number of aryl methyl sites for hydroxylation is 2. The lowest BCUT2D eigenvalue weighted by molar-refractivity contribution is 0.0695. The third-order valence-corrected chi connectivity index (χ3v) is 4.63. The highest BCUT2D eigenvalue weighted by atomic mass is 16.4. The Kier molecular flexibility index (Phi) is 5.30. The summed E-state index contributed by atoms with van der Waals surface area (Å²) >= 11 is 0. The Morgan fingerprint density at radius 1 is 0.840 bits per heavy atom. The van der Waals surface area contributed by atoms with Gasteiger partial charge in [0.1, 0.15) is 0 Å². The van der Waals surface area contributed by atoms with Gasteiger partial charge in [0, 0.05) is 0 Å². The number of aromatic carboxylic acids is 1. The van der Waals surface area contributed by atoms with E-state index in [-0.39, 0.29) is 0 Å². The van der Waals surface area contributed by atoms with Gasteiger partial charge in [0.25, 0.3) is 0 Å². The molecule has 0 bridgehead atoms. The summed E-state index contributed by atoms with van der Waals surface area (Å²) in [6.07, 6.45) is 2.63. The molecule has 0 aliphatic heterocycles. The van der Waals surface area contributed by atoms with Crippen molar-refractivity contribution in [1.82, 2.24) is 0 Å². The summed E-state index contributed by atoms with van der Waals surface area (Å²) in [5.74, 6) is -0.858. The van der Waals surface area contributed by atoms with Crippen molar-refractivity contribution in [3.05, 3.63) is 95.1 Å². The smallest absolute Gasteiger partial charge is 0.335 e. The van der Waals surface area contributed by atoms with Crippen LogP contribution in [0.2, 0.25) is 0 Å². The number of carboxylic acid groups (broad SMARTS) is 1. The molecule has 0 unspecified atom stereocenters. The Morgan fingerprint density at radius 3 is 2.28 bits per heavy atom. The Hall–Kier alpha value is -2.87. The summed E-state index contributed by atoms with van der Waals surface area (Å²) in [6, 6.07) is 23.9. The standard InChI is InChI=1S/C23H22O2/c1-17-9-5-6-10-18(17)13-7-15-21-20(19-11-3-2-4-12-19)14-8-16-22(21)23(24)25/h2-6,8-12,14,16H,7,13,15H2,1H3,(H,24,25). The molecule has 2 heteroatoms. The van der Waals surface area contributed by atoms with Crippen LogP contribution >= 0.6 is 0 Å². The molecule has 2 nitrogen and oxygen atoms in total. The van der Waals surface area contributed by atoms with E-state index < -0.39 is 5.97 Å². The molecule has 0 radical (unpaired) electrons. The Bertz CT molecular complexity index is 866. The van der Waals surface area contributed by atoms with E-state index in [1.54, 1.807) is 6.07 Å². The molecule has 0 saturated carbocycles. The molecule has 25 heavy (non-hydrogen) atoms. The van der Waals surface area contributed by atoms with Crippen molar-refractivity contribution in [3.8, 4) is 11.1 Å². The zero-order chi connectivity index (χ0) is 17.6. The van der Waals surface area contributed by atoms with Crippen LogP contribution in [0.3, 0.4) is 0 Å². The van der Waals surface area contributed by atoms with Gasteiger partial charge in [-0.05, 0) is 60.1 Å². The van der Waals surface area contributed by atoms with Crippen molar-refractivity contribution in [1.29, 1.82) is 0 Å². The maximum Gasteiger partial charge on any atom is 0.335 e. The van der Waals surface area contributed by atoms with Crippen LogP contribution in [0.15, 0.2) is 72.8 Å². The van der Waals surface area contributed by atoms with Crippen LogP contribution in [0.25, 0.3) is 11.1 Å². The first kappa shape index (κ1) is 17.0. The zero-order valence-electron chi connectivity index (χ0n) is 14.4. The third kappa shape index (κ3) is 3.97. The summed E-state index contributed by atoms with van der Waals surface area (Å²) in [5, 5.41) is 9.60. The Balaban J connectivity index is 1.88. The van der Waals surface area contributed by atoms with Crippen molar-refractivity contribution >= 4 is 5.97 Å². The number of hydrogen-bond acceptors (Lipinski definition) is 1. The minimum Gasteiger partial charge on any atom is -0.478 e. The number of benzene rings is 3. The second kappa shape index (κ2) is 7.80. The number of carbonyl (C=O) groups is 1. The second-order valence-electron chi connectivity index (χ2n) is 6.28. The first-order chi connectivity index (χ1) is 12.2. The van der Waals surface area contributed by atoms with Gasteiger partial charge in [0.2, 0.25) is 0 Å². The van der Waals surface area contributed by atoms with Gasteiger partial charge in [0.15, 0.2) is 0 Å². The fourth-order valence-electron chi connectivity index (χ4n) is 3.29. The summed E-state index contributed by atoms with van der Waals surface area (Å²) in [7, 11) is 0. The van der Waals surface area contributed by atoms with E-state index in [0.29, 0.717) is 5.56 Å². The molecule has 0 heterocycles. The molecule has 0 aromatic heterocycles. The number of carboxylic acids is 1. The van der Waals surface area contributed by atoms with Gasteiger partial charge in [0.05, 0.1) is 5.56 Å². The van der Waals surface area contributed by atoms with Crippen molar-refractivity contribution in [2.75, 3.05) is 0 Å². The number of hydrogen-bond donors (Lipinski definition) is 1. The van der Waals surface area contributed by atoms with Crippen LogP contribution in [-0.2, 0) is 12.8 Å². The molecule has 0 spiro atoms. The van der Waals surface area contributed by atoms with Gasteiger partial charge < -0.3 is 5.11 Å². The number of rotatable bonds is 6. The maximum absolute atomic E-state index is 11.7. The molecule has 0 saturated heterocycles. The van der Waals surface area contributed by atoms with E-state index in [1.165, 1.54) is 11.1 Å². The zero-order valence-corrected chi connectivity index (χ0v) is 14.4. The average molecular weight is 330 g/mol. The lowest BCUT2D eigenvalue weighted by atomic mass is 9.91. The summed E-state index contributed by atoms with van der Waals surface area (Å²) in [6.45, 7) is 2.12. The molecule has 1 N–H and O–H groups in total. The van der Waals surface area contributed by atoms with Crippen molar-refractivity contribution in [2.45, 2.75) is 26.2 Å². The fraction of sp³-hybridized carbons (Fsp3) is 0.174. The molecule has 0 amide bonds. The first-order valence-corrected chi connectivity index (χ1v) is 8.62. The molecule has 3 rings (SSSR count). The molecule has 3 aromatic rings. The largest absolute Gasteiger partial charge is 0.478 e. The highest BCUT2D eigenvalue weighted by Gasteiger charge is 2.15. The normalized spacial score (nSPS) is 10.6. The van der Waals surface area contributed by atoms with Gasteiger partial charge in [-0.2, -0.15) is 0 Å². The van der Waals surface area contributed by atoms with E-state index in [4.69, 9.17) is 0 Å². The van der Waals surface area contributed by atoms with Crippen LogP contribution in [-0.4, -0.2) is 11.1 Å². The van der Waals surface area contributed by atoms with Crippen LogP contribution in [0.1, 0.15) is 33.5 Å². The van der Waals surface area contributed by atoms with Crippen LogP contribution in [0.5, 0.6) is 0 Å². The molecule has 0 aliphatic rings. The van der Waals surface area contributed by atoms with Crippen molar-refractivity contribution in [3.63, 3.8) is 0 Å². The SMILES string of the molecule is Cc1ccccc1CCCc1c(C(=O)O)cccc1-c1ccccc1. The quantitative estimate of drug-likeness (QED) is 0.644. The van der Waals surface area contributed by atoms with Crippen LogP contribution in [0, 0.1) is 6.92 Å². The van der Waals surface area contributed by atoms with Gasteiger partial charge in [-0.3, -0.25) is 0 Å². The lowest BCUT2D eigenvalue weighted by Gasteiger charge is -2.13. The van der Waals surface area contributed by atoms with Gasteiger partial charge in [-0.1, -0.05) is 66.7 Å². The Morgan fingerprint density at radius 2 is 1.56 bits per heavy atom. The monoisotopic (exact) mass is 330 g/mol. The van der Waals surface area contributed by atoms with E-state index in [2.05, 4.69) is 25.1 Å². The van der Waals surface area contributed by atoms with Crippen molar-refractivity contribution in [2.24, 2.45) is 0 Å². The third-order valence-electron chi connectivity index (χ3n) is 4.63. The summed E-state index contributed by atoms with van der Waals surface area (Å²) in [4.78, 5) is 11.7. The van der Waals surface area contributed by atoms with Gasteiger partial charge in [-0.15, -0.1) is 0 Å². The molecular formula is C23H22O2. The topological polar surface area (TPSA) is 37.3 Å². The van der Waals surface area contributed by atoms with Crippen LogP contribution < -0.4 is 0 Å². The second-order valence-corrected chi connectivity index (χ2v) is 6.28. The maximum atomic E-state index is 11.7. The summed E-state index contributed by atoms with van der Waals surface area (Å²) < 4.78 is 0. The van der Waals surface area contributed by atoms with E-state index in [1.807, 2.05) is 48.5 Å². The molecule has 0 fully saturated rings. The predicted octanol–water partition coefficient (Wildman–Crippen LogP) is 5.54. The molecule has 126 valence electrons. The molecule has 3 aromatic carbocycles. The van der Waals surface area contributed by atoms with Gasteiger partial charge >= 0.3 is 5.97 Å².